The van der Waals surface area contributed by atoms with E-state index in [1.165, 1.54) is 11.1 Å². The van der Waals surface area contributed by atoms with Crippen LogP contribution in [-0.2, 0) is 16.9 Å². The largest absolute Gasteiger partial charge is 0.495 e. The highest BCUT2D eigenvalue weighted by Crippen LogP contribution is 2.43. The molecule has 1 saturated heterocycles. The maximum Gasteiger partial charge on any atom is 0.150 e. The lowest BCUT2D eigenvalue weighted by atomic mass is 9.84. The van der Waals surface area contributed by atoms with E-state index in [-0.39, 0.29) is 5.60 Å². The number of ether oxygens (including phenoxy) is 2. The van der Waals surface area contributed by atoms with Gasteiger partial charge in [-0.1, -0.05) is 24.3 Å². The SMILES string of the molecule is CN1CCC2(CC1)OCc1ccccc12.COc1cc(C=O)ccc1N(C)C. The Bertz CT molecular complexity index is 811. The van der Waals surface area contributed by atoms with E-state index in [4.69, 9.17) is 9.47 Å². The highest BCUT2D eigenvalue weighted by molar-refractivity contribution is 5.78. The zero-order chi connectivity index (χ0) is 20.1. The number of rotatable bonds is 3. The van der Waals surface area contributed by atoms with Crippen molar-refractivity contribution in [3.8, 4) is 5.75 Å². The number of nitrogens with zero attached hydrogens (tertiary/aromatic N) is 2. The summed E-state index contributed by atoms with van der Waals surface area (Å²) in [5.74, 6) is 0.717. The van der Waals surface area contributed by atoms with Gasteiger partial charge in [0.2, 0.25) is 0 Å². The number of anilines is 1. The number of carbonyl (C=O) groups excluding carboxylic acids is 1. The molecule has 2 heterocycles. The van der Waals surface area contributed by atoms with Crippen molar-refractivity contribution >= 4 is 12.0 Å². The molecule has 0 unspecified atom stereocenters. The van der Waals surface area contributed by atoms with E-state index in [0.29, 0.717) is 5.56 Å². The Morgan fingerprint density at radius 2 is 1.86 bits per heavy atom. The molecule has 0 aliphatic carbocycles. The molecule has 4 rings (SSSR count). The van der Waals surface area contributed by atoms with Crippen LogP contribution in [0.4, 0.5) is 5.69 Å². The molecule has 2 aliphatic heterocycles. The molecule has 2 aliphatic rings. The lowest BCUT2D eigenvalue weighted by Gasteiger charge is -2.37. The molecule has 2 aromatic carbocycles. The summed E-state index contributed by atoms with van der Waals surface area (Å²) in [6.45, 7) is 3.10. The van der Waals surface area contributed by atoms with Gasteiger partial charge < -0.3 is 19.3 Å². The average molecular weight is 383 g/mol. The van der Waals surface area contributed by atoms with Crippen molar-refractivity contribution in [2.75, 3.05) is 46.2 Å². The number of hydrogen-bond donors (Lipinski definition) is 0. The molecule has 5 nitrogen and oxygen atoms in total. The first-order valence-electron chi connectivity index (χ1n) is 9.70. The van der Waals surface area contributed by atoms with Crippen LogP contribution in [0.15, 0.2) is 42.5 Å². The molecule has 5 heteroatoms. The van der Waals surface area contributed by atoms with Crippen LogP contribution in [0.2, 0.25) is 0 Å². The molecule has 0 bridgehead atoms. The number of aldehydes is 1. The molecule has 150 valence electrons. The number of carbonyl (C=O) groups is 1. The fraction of sp³-hybridized carbons (Fsp3) is 0.435. The van der Waals surface area contributed by atoms with Crippen molar-refractivity contribution in [2.45, 2.75) is 25.0 Å². The maximum absolute atomic E-state index is 10.5. The molecule has 0 saturated carbocycles. The average Bonchev–Trinajstić information content (AvgIpc) is 3.08. The van der Waals surface area contributed by atoms with Crippen molar-refractivity contribution in [2.24, 2.45) is 0 Å². The first-order valence-corrected chi connectivity index (χ1v) is 9.70. The summed E-state index contributed by atoms with van der Waals surface area (Å²) in [6, 6.07) is 14.0. The van der Waals surface area contributed by atoms with Gasteiger partial charge in [-0.3, -0.25) is 4.79 Å². The van der Waals surface area contributed by atoms with Gasteiger partial charge in [0.1, 0.15) is 12.0 Å². The monoisotopic (exact) mass is 382 g/mol. The van der Waals surface area contributed by atoms with Gasteiger partial charge in [0.15, 0.2) is 0 Å². The molecular weight excluding hydrogens is 352 g/mol. The summed E-state index contributed by atoms with van der Waals surface area (Å²) >= 11 is 0. The smallest absolute Gasteiger partial charge is 0.150 e. The number of hydrogen-bond acceptors (Lipinski definition) is 5. The van der Waals surface area contributed by atoms with Gasteiger partial charge in [-0.2, -0.15) is 0 Å². The predicted octanol–water partition coefficient (Wildman–Crippen LogP) is 3.71. The van der Waals surface area contributed by atoms with Crippen LogP contribution < -0.4 is 9.64 Å². The van der Waals surface area contributed by atoms with Crippen LogP contribution in [0.25, 0.3) is 0 Å². The van der Waals surface area contributed by atoms with Crippen LogP contribution in [0.5, 0.6) is 5.75 Å². The predicted molar refractivity (Wildman–Crippen MR) is 112 cm³/mol. The molecule has 0 radical (unpaired) electrons. The Morgan fingerprint density at radius 1 is 1.14 bits per heavy atom. The number of fused-ring (bicyclic) bond motifs is 2. The highest BCUT2D eigenvalue weighted by Gasteiger charge is 2.41. The zero-order valence-electron chi connectivity index (χ0n) is 17.3. The quantitative estimate of drug-likeness (QED) is 0.757. The lowest BCUT2D eigenvalue weighted by Crippen LogP contribution is -2.40. The van der Waals surface area contributed by atoms with E-state index in [1.54, 1.807) is 19.2 Å². The fourth-order valence-electron chi connectivity index (χ4n) is 3.91. The second kappa shape index (κ2) is 8.76. The number of benzene rings is 2. The van der Waals surface area contributed by atoms with Gasteiger partial charge in [-0.05, 0) is 49.2 Å². The van der Waals surface area contributed by atoms with Gasteiger partial charge in [0, 0.05) is 32.7 Å². The molecule has 28 heavy (non-hydrogen) atoms. The Balaban J connectivity index is 0.000000163. The summed E-state index contributed by atoms with van der Waals surface area (Å²) in [7, 11) is 7.64. The molecule has 0 N–H and O–H groups in total. The summed E-state index contributed by atoms with van der Waals surface area (Å²) < 4.78 is 11.2. The van der Waals surface area contributed by atoms with E-state index in [2.05, 4.69) is 36.2 Å². The normalized spacial score (nSPS) is 17.4. The summed E-state index contributed by atoms with van der Waals surface area (Å²) in [5, 5.41) is 0. The number of methoxy groups -OCH3 is 1. The Hall–Kier alpha value is -2.37. The molecule has 2 aromatic rings. The van der Waals surface area contributed by atoms with Crippen LogP contribution in [0.1, 0.15) is 34.3 Å². The molecule has 0 aromatic heterocycles. The van der Waals surface area contributed by atoms with Crippen molar-refractivity contribution in [1.29, 1.82) is 0 Å². The van der Waals surface area contributed by atoms with Gasteiger partial charge in [-0.15, -0.1) is 0 Å². The first kappa shape index (κ1) is 20.4. The molecule has 0 atom stereocenters. The second-order valence-corrected chi connectivity index (χ2v) is 7.69. The molecule has 1 spiro atoms. The van der Waals surface area contributed by atoms with Crippen LogP contribution in [-0.4, -0.2) is 52.5 Å². The van der Waals surface area contributed by atoms with Crippen molar-refractivity contribution in [3.63, 3.8) is 0 Å². The van der Waals surface area contributed by atoms with Crippen molar-refractivity contribution in [1.82, 2.24) is 4.90 Å². The van der Waals surface area contributed by atoms with Crippen LogP contribution in [0, 0.1) is 0 Å². The Labute approximate surface area is 167 Å². The topological polar surface area (TPSA) is 42.0 Å². The summed E-state index contributed by atoms with van der Waals surface area (Å²) in [4.78, 5) is 14.8. The molecular formula is C23H30N2O3. The number of piperidine rings is 1. The molecule has 1 fully saturated rings. The lowest BCUT2D eigenvalue weighted by molar-refractivity contribution is -0.0755. The second-order valence-electron chi connectivity index (χ2n) is 7.69. The first-order chi connectivity index (χ1) is 13.5. The van der Waals surface area contributed by atoms with E-state index in [0.717, 1.165) is 50.3 Å². The van der Waals surface area contributed by atoms with Crippen molar-refractivity contribution < 1.29 is 14.3 Å². The molecule has 0 amide bonds. The Morgan fingerprint density at radius 3 is 2.50 bits per heavy atom. The summed E-state index contributed by atoms with van der Waals surface area (Å²) in [6.07, 6.45) is 3.09. The third kappa shape index (κ3) is 4.21. The van der Waals surface area contributed by atoms with E-state index < -0.39 is 0 Å². The minimum absolute atomic E-state index is 0.0447. The summed E-state index contributed by atoms with van der Waals surface area (Å²) in [5.41, 5.74) is 4.47. The van der Waals surface area contributed by atoms with Gasteiger partial charge in [0.05, 0.1) is 25.0 Å². The van der Waals surface area contributed by atoms with Gasteiger partial charge in [-0.25, -0.2) is 0 Å². The third-order valence-electron chi connectivity index (χ3n) is 5.63. The van der Waals surface area contributed by atoms with Gasteiger partial charge in [0.25, 0.3) is 0 Å². The van der Waals surface area contributed by atoms with E-state index >= 15 is 0 Å². The fourth-order valence-corrected chi connectivity index (χ4v) is 3.91. The standard InChI is InChI=1S/C13H17NO.C10H13NO2/c1-14-8-6-13(7-9-14)12-5-3-2-4-11(12)10-15-13;1-11(2)9-5-4-8(7-12)6-10(9)13-3/h2-5H,6-10H2,1H3;4-7H,1-3H3. The van der Waals surface area contributed by atoms with E-state index in [9.17, 15) is 4.79 Å². The maximum atomic E-state index is 10.5. The van der Waals surface area contributed by atoms with Crippen LogP contribution >= 0.6 is 0 Å². The Kier molecular flexibility index (Phi) is 6.37. The third-order valence-corrected chi connectivity index (χ3v) is 5.63. The zero-order valence-corrected chi connectivity index (χ0v) is 17.3. The number of likely N-dealkylation sites (tertiary alicyclic amines) is 1. The van der Waals surface area contributed by atoms with Crippen LogP contribution in [0.3, 0.4) is 0 Å². The minimum atomic E-state index is 0.0447. The van der Waals surface area contributed by atoms with Gasteiger partial charge >= 0.3 is 0 Å². The minimum Gasteiger partial charge on any atom is -0.495 e. The van der Waals surface area contributed by atoms with Crippen molar-refractivity contribution in [3.05, 3.63) is 59.2 Å². The highest BCUT2D eigenvalue weighted by atomic mass is 16.5. The van der Waals surface area contributed by atoms with E-state index in [1.807, 2.05) is 25.1 Å².